The van der Waals surface area contributed by atoms with Crippen molar-refractivity contribution in [1.29, 1.82) is 0 Å². The zero-order valence-electron chi connectivity index (χ0n) is 23.2. The molecule has 0 spiro atoms. The van der Waals surface area contributed by atoms with E-state index in [4.69, 9.17) is 0 Å². The van der Waals surface area contributed by atoms with Crippen LogP contribution in [0.3, 0.4) is 0 Å². The number of likely N-dealkylation sites (N-methyl/N-ethyl adjacent to an activating group) is 2. The number of aromatic nitrogens is 2. The molecule has 5 rings (SSSR count). The van der Waals surface area contributed by atoms with Crippen LogP contribution in [-0.2, 0) is 15.6 Å². The number of anilines is 2. The predicted octanol–water partition coefficient (Wildman–Crippen LogP) is 6.73. The van der Waals surface area contributed by atoms with Gasteiger partial charge in [-0.3, -0.25) is 4.79 Å². The monoisotopic (exact) mass is 504 g/mol. The first-order valence-corrected chi connectivity index (χ1v) is 13.2. The Hall–Kier alpha value is -3.99. The highest BCUT2D eigenvalue weighted by Crippen LogP contribution is 2.46. The second kappa shape index (κ2) is 9.71. The van der Waals surface area contributed by atoms with E-state index in [1.165, 1.54) is 22.5 Å². The van der Waals surface area contributed by atoms with Crippen molar-refractivity contribution in [3.8, 4) is 0 Å². The van der Waals surface area contributed by atoms with Gasteiger partial charge in [0.15, 0.2) is 5.78 Å². The Morgan fingerprint density at radius 1 is 0.684 bits per heavy atom. The minimum atomic E-state index is -0.113. The van der Waals surface area contributed by atoms with E-state index < -0.39 is 0 Å². The molecule has 1 saturated carbocycles. The molecule has 0 amide bonds. The maximum absolute atomic E-state index is 12.9. The predicted molar refractivity (Wildman–Crippen MR) is 156 cm³/mol. The van der Waals surface area contributed by atoms with Gasteiger partial charge in [-0.2, -0.15) is 0 Å². The first-order chi connectivity index (χ1) is 18.1. The molecule has 4 heterocycles. The van der Waals surface area contributed by atoms with Crippen molar-refractivity contribution < 1.29 is 4.79 Å². The van der Waals surface area contributed by atoms with E-state index in [0.29, 0.717) is 0 Å². The summed E-state index contributed by atoms with van der Waals surface area (Å²) in [5.74, 6) is 2.15. The molecule has 5 heteroatoms. The molecule has 0 aromatic carbocycles. The molecule has 0 atom stereocenters. The smallest absolute Gasteiger partial charge is 0.185 e. The number of fused-ring (bicyclic) bond motifs is 2. The Kier molecular flexibility index (Phi) is 6.56. The second-order valence-corrected chi connectivity index (χ2v) is 11.2. The molecule has 0 saturated heterocycles. The van der Waals surface area contributed by atoms with E-state index in [2.05, 4.69) is 85.8 Å². The van der Waals surface area contributed by atoms with Gasteiger partial charge in [0.1, 0.15) is 11.6 Å². The molecule has 0 unspecified atom stereocenters. The van der Waals surface area contributed by atoms with Crippen molar-refractivity contribution in [3.05, 3.63) is 119 Å². The van der Waals surface area contributed by atoms with Crippen molar-refractivity contribution in [2.75, 3.05) is 23.9 Å². The summed E-state index contributed by atoms with van der Waals surface area (Å²) in [4.78, 5) is 26.3. The lowest BCUT2D eigenvalue weighted by Crippen LogP contribution is -2.22. The molecule has 0 radical (unpaired) electrons. The number of Topliss-reactive ketones (excluding diaryl/α,β-unsaturated/α-hetero) is 1. The molecular formula is C33H36N4O. The molecule has 2 aromatic rings. The minimum absolute atomic E-state index is 0.113. The Morgan fingerprint density at radius 2 is 1.08 bits per heavy atom. The van der Waals surface area contributed by atoms with E-state index in [-0.39, 0.29) is 16.6 Å². The van der Waals surface area contributed by atoms with Crippen LogP contribution in [0.5, 0.6) is 0 Å². The van der Waals surface area contributed by atoms with Gasteiger partial charge in [-0.25, -0.2) is 9.97 Å². The summed E-state index contributed by atoms with van der Waals surface area (Å²) >= 11 is 0. The van der Waals surface area contributed by atoms with Crippen LogP contribution in [0, 0.1) is 0 Å². The van der Waals surface area contributed by atoms with Crippen molar-refractivity contribution >= 4 is 17.4 Å². The Balaban J connectivity index is 1.25. The molecular weight excluding hydrogens is 468 g/mol. The van der Waals surface area contributed by atoms with Gasteiger partial charge in [0, 0.05) is 71.0 Å². The maximum atomic E-state index is 12.9. The van der Waals surface area contributed by atoms with Crippen molar-refractivity contribution in [1.82, 2.24) is 9.97 Å². The summed E-state index contributed by atoms with van der Waals surface area (Å²) in [6.07, 6.45) is 21.4. The third-order valence-electron chi connectivity index (χ3n) is 8.13. The molecule has 0 N–H and O–H groups in total. The number of hydrogen-bond donors (Lipinski definition) is 0. The van der Waals surface area contributed by atoms with Crippen LogP contribution in [-0.4, -0.2) is 29.8 Å². The average Bonchev–Trinajstić information content (AvgIpc) is 3.42. The molecule has 1 aliphatic carbocycles. The molecule has 1 fully saturated rings. The molecule has 2 aliphatic heterocycles. The lowest BCUT2D eigenvalue weighted by atomic mass is 9.84. The van der Waals surface area contributed by atoms with Gasteiger partial charge in [-0.15, -0.1) is 0 Å². The van der Waals surface area contributed by atoms with E-state index >= 15 is 0 Å². The summed E-state index contributed by atoms with van der Waals surface area (Å²) in [5, 5.41) is 0. The van der Waals surface area contributed by atoms with Gasteiger partial charge in [-0.1, -0.05) is 76.3 Å². The Morgan fingerprint density at radius 3 is 1.47 bits per heavy atom. The number of carbonyl (C=O) groups is 1. The summed E-state index contributed by atoms with van der Waals surface area (Å²) in [5.41, 5.74) is 6.33. The number of allylic oxidation sites excluding steroid dienone is 12. The van der Waals surface area contributed by atoms with Gasteiger partial charge < -0.3 is 9.80 Å². The topological polar surface area (TPSA) is 49.3 Å². The van der Waals surface area contributed by atoms with Crippen LogP contribution in [0.1, 0.15) is 51.7 Å². The second-order valence-electron chi connectivity index (χ2n) is 11.2. The SMILES string of the molecule is CN1/C(=C/C=C/C=C2\CC\C(=C/C=C/C=C3/N(C)c4ncccc4C3(C)C)C2=O)C(C)(C)c2cccnc21. The Bertz CT molecular complexity index is 1360. The van der Waals surface area contributed by atoms with Crippen LogP contribution >= 0.6 is 0 Å². The lowest BCUT2D eigenvalue weighted by molar-refractivity contribution is -0.111. The standard InChI is InChI=1S/C33H36N4O/c1-32(2)25-15-11-21-34-30(25)36(5)27(32)17-9-7-13-23-19-20-24(29(23)38)14-8-10-18-28-33(3,4)26-16-12-22-35-31(26)37(28)6/h7-18,21-22H,19-20H2,1-6H3/b9-7+,10-8+,23-13+,24-14+,27-17+,28-18+. The van der Waals surface area contributed by atoms with Crippen LogP contribution in [0.2, 0.25) is 0 Å². The van der Waals surface area contributed by atoms with E-state index in [1.807, 2.05) is 61.0 Å². The van der Waals surface area contributed by atoms with Crippen LogP contribution in [0.4, 0.5) is 11.6 Å². The number of pyridine rings is 2. The number of carbonyl (C=O) groups excluding carboxylic acids is 1. The lowest BCUT2D eigenvalue weighted by Gasteiger charge is -2.23. The van der Waals surface area contributed by atoms with Gasteiger partial charge in [-0.05, 0) is 37.1 Å². The molecule has 2 aromatic heterocycles. The van der Waals surface area contributed by atoms with Crippen LogP contribution in [0.25, 0.3) is 0 Å². The van der Waals surface area contributed by atoms with Gasteiger partial charge >= 0.3 is 0 Å². The van der Waals surface area contributed by atoms with Crippen LogP contribution in [0.15, 0.2) is 108 Å². The van der Waals surface area contributed by atoms with E-state index in [1.54, 1.807) is 0 Å². The summed E-state index contributed by atoms with van der Waals surface area (Å²) in [6, 6.07) is 8.27. The van der Waals surface area contributed by atoms with Gasteiger partial charge in [0.25, 0.3) is 0 Å². The normalized spacial score (nSPS) is 24.2. The summed E-state index contributed by atoms with van der Waals surface area (Å²) in [7, 11) is 4.11. The minimum Gasteiger partial charge on any atom is -0.332 e. The number of hydrogen-bond acceptors (Lipinski definition) is 5. The fraction of sp³-hybridized carbons (Fsp3) is 0.303. The Labute approximate surface area is 226 Å². The molecule has 38 heavy (non-hydrogen) atoms. The third-order valence-corrected chi connectivity index (χ3v) is 8.13. The third kappa shape index (κ3) is 4.26. The number of rotatable bonds is 4. The quantitative estimate of drug-likeness (QED) is 0.432. The highest BCUT2D eigenvalue weighted by molar-refractivity contribution is 6.11. The van der Waals surface area contributed by atoms with Crippen LogP contribution < -0.4 is 9.80 Å². The van der Waals surface area contributed by atoms with E-state index in [0.717, 1.165) is 35.6 Å². The molecule has 3 aliphatic rings. The van der Waals surface area contributed by atoms with Crippen molar-refractivity contribution in [3.63, 3.8) is 0 Å². The first kappa shape index (κ1) is 25.7. The molecule has 5 nitrogen and oxygen atoms in total. The zero-order chi connectivity index (χ0) is 27.1. The van der Waals surface area contributed by atoms with Crippen molar-refractivity contribution in [2.24, 2.45) is 0 Å². The highest BCUT2D eigenvalue weighted by atomic mass is 16.1. The number of nitrogens with zero attached hydrogens (tertiary/aromatic N) is 4. The first-order valence-electron chi connectivity index (χ1n) is 13.2. The molecule has 0 bridgehead atoms. The van der Waals surface area contributed by atoms with Crippen molar-refractivity contribution in [2.45, 2.75) is 51.4 Å². The fourth-order valence-electron chi connectivity index (χ4n) is 5.94. The average molecular weight is 505 g/mol. The van der Waals surface area contributed by atoms with Gasteiger partial charge in [0.05, 0.1) is 0 Å². The molecule has 194 valence electrons. The largest absolute Gasteiger partial charge is 0.332 e. The summed E-state index contributed by atoms with van der Waals surface area (Å²) < 4.78 is 0. The summed E-state index contributed by atoms with van der Waals surface area (Å²) in [6.45, 7) is 8.88. The highest BCUT2D eigenvalue weighted by Gasteiger charge is 2.39. The zero-order valence-corrected chi connectivity index (χ0v) is 23.2. The maximum Gasteiger partial charge on any atom is 0.185 e. The number of ketones is 1. The van der Waals surface area contributed by atoms with E-state index in [9.17, 15) is 4.79 Å². The van der Waals surface area contributed by atoms with Gasteiger partial charge in [0.2, 0.25) is 0 Å². The fourth-order valence-corrected chi connectivity index (χ4v) is 5.94.